The molecule has 0 spiro atoms. The molecular weight excluding hydrogens is 292 g/mol. The summed E-state index contributed by atoms with van der Waals surface area (Å²) in [6.07, 6.45) is 0.431. The standard InChI is InChI=1S/C15H15ClN2OS/c16-13-3-1-2-4-14(13)18-15(19)9-10-20-12-7-5-11(17)6-8-12/h1-8H,9-10,17H2,(H,18,19). The highest BCUT2D eigenvalue weighted by Crippen LogP contribution is 2.22. The molecule has 2 aromatic carbocycles. The van der Waals surface area contributed by atoms with E-state index in [1.54, 1.807) is 23.9 Å². The Morgan fingerprint density at radius 2 is 1.85 bits per heavy atom. The van der Waals surface area contributed by atoms with Gasteiger partial charge in [0.2, 0.25) is 5.91 Å². The lowest BCUT2D eigenvalue weighted by atomic mass is 10.3. The number of halogens is 1. The number of rotatable bonds is 5. The van der Waals surface area contributed by atoms with Crippen LogP contribution < -0.4 is 11.1 Å². The average Bonchev–Trinajstić information content (AvgIpc) is 2.44. The number of nitrogens with two attached hydrogens (primary N) is 1. The molecule has 104 valence electrons. The van der Waals surface area contributed by atoms with Crippen molar-refractivity contribution in [2.45, 2.75) is 11.3 Å². The average molecular weight is 307 g/mol. The molecule has 0 saturated carbocycles. The summed E-state index contributed by atoms with van der Waals surface area (Å²) in [4.78, 5) is 12.9. The van der Waals surface area contributed by atoms with Gasteiger partial charge in [0, 0.05) is 22.8 Å². The van der Waals surface area contributed by atoms with Crippen LogP contribution in [0.25, 0.3) is 0 Å². The summed E-state index contributed by atoms with van der Waals surface area (Å²) in [7, 11) is 0. The van der Waals surface area contributed by atoms with Crippen LogP contribution in [0.3, 0.4) is 0 Å². The van der Waals surface area contributed by atoms with Gasteiger partial charge in [-0.3, -0.25) is 4.79 Å². The van der Waals surface area contributed by atoms with Crippen LogP contribution in [0.1, 0.15) is 6.42 Å². The first-order valence-electron chi connectivity index (χ1n) is 6.18. The van der Waals surface area contributed by atoms with Crippen molar-refractivity contribution in [3.05, 3.63) is 53.6 Å². The second-order valence-corrected chi connectivity index (χ2v) is 5.77. The number of carbonyl (C=O) groups excluding carboxylic acids is 1. The van der Waals surface area contributed by atoms with E-state index in [0.29, 0.717) is 22.9 Å². The Hall–Kier alpha value is -1.65. The van der Waals surface area contributed by atoms with Crippen molar-refractivity contribution in [3.8, 4) is 0 Å². The van der Waals surface area contributed by atoms with Crippen LogP contribution >= 0.6 is 23.4 Å². The lowest BCUT2D eigenvalue weighted by Crippen LogP contribution is -2.12. The predicted octanol–water partition coefficient (Wildman–Crippen LogP) is 4.04. The molecular formula is C15H15ClN2OS. The normalized spacial score (nSPS) is 10.2. The minimum atomic E-state index is -0.0407. The van der Waals surface area contributed by atoms with Crippen molar-refractivity contribution in [2.75, 3.05) is 16.8 Å². The third-order valence-corrected chi connectivity index (χ3v) is 3.97. The number of thioether (sulfide) groups is 1. The topological polar surface area (TPSA) is 55.1 Å². The van der Waals surface area contributed by atoms with E-state index in [0.717, 1.165) is 10.6 Å². The molecule has 5 heteroatoms. The van der Waals surface area contributed by atoms with Gasteiger partial charge in [0.15, 0.2) is 0 Å². The molecule has 0 unspecified atom stereocenters. The molecule has 1 amide bonds. The van der Waals surface area contributed by atoms with Gasteiger partial charge in [-0.15, -0.1) is 11.8 Å². The number of anilines is 2. The van der Waals surface area contributed by atoms with Crippen LogP contribution in [0.2, 0.25) is 5.02 Å². The molecule has 0 aromatic heterocycles. The first-order chi connectivity index (χ1) is 9.65. The summed E-state index contributed by atoms with van der Waals surface area (Å²) in [6, 6.07) is 14.8. The highest BCUT2D eigenvalue weighted by atomic mass is 35.5. The summed E-state index contributed by atoms with van der Waals surface area (Å²) < 4.78 is 0. The SMILES string of the molecule is Nc1ccc(SCCC(=O)Nc2ccccc2Cl)cc1. The number of hydrogen-bond donors (Lipinski definition) is 2. The maximum absolute atomic E-state index is 11.8. The molecule has 3 N–H and O–H groups in total. The van der Waals surface area contributed by atoms with Crippen LogP contribution in [-0.4, -0.2) is 11.7 Å². The molecule has 0 atom stereocenters. The van der Waals surface area contributed by atoms with E-state index in [1.165, 1.54) is 0 Å². The number of benzene rings is 2. The fourth-order valence-corrected chi connectivity index (χ4v) is 2.64. The third kappa shape index (κ3) is 4.47. The van der Waals surface area contributed by atoms with Gasteiger partial charge in [-0.05, 0) is 36.4 Å². The number of amides is 1. The second kappa shape index (κ2) is 7.22. The van der Waals surface area contributed by atoms with Gasteiger partial charge >= 0.3 is 0 Å². The van der Waals surface area contributed by atoms with Crippen molar-refractivity contribution in [3.63, 3.8) is 0 Å². The van der Waals surface area contributed by atoms with Crippen molar-refractivity contribution < 1.29 is 4.79 Å². The maximum Gasteiger partial charge on any atom is 0.225 e. The highest BCUT2D eigenvalue weighted by molar-refractivity contribution is 7.99. The zero-order chi connectivity index (χ0) is 14.4. The Bertz CT molecular complexity index is 587. The van der Waals surface area contributed by atoms with E-state index in [9.17, 15) is 4.79 Å². The van der Waals surface area contributed by atoms with Gasteiger partial charge < -0.3 is 11.1 Å². The molecule has 0 heterocycles. The van der Waals surface area contributed by atoms with Gasteiger partial charge in [-0.2, -0.15) is 0 Å². The van der Waals surface area contributed by atoms with Gasteiger partial charge in [-0.1, -0.05) is 23.7 Å². The largest absolute Gasteiger partial charge is 0.399 e. The maximum atomic E-state index is 11.8. The van der Waals surface area contributed by atoms with E-state index in [2.05, 4.69) is 5.32 Å². The number of hydrogen-bond acceptors (Lipinski definition) is 3. The summed E-state index contributed by atoms with van der Waals surface area (Å²) in [5, 5.41) is 3.35. The molecule has 0 aliphatic heterocycles. The number of nitrogen functional groups attached to an aromatic ring is 1. The number of nitrogens with one attached hydrogen (secondary N) is 1. The van der Waals surface area contributed by atoms with E-state index in [1.807, 2.05) is 36.4 Å². The zero-order valence-electron chi connectivity index (χ0n) is 10.8. The molecule has 0 radical (unpaired) electrons. The van der Waals surface area contributed by atoms with Crippen molar-refractivity contribution in [1.82, 2.24) is 0 Å². The minimum Gasteiger partial charge on any atom is -0.399 e. The van der Waals surface area contributed by atoms with Crippen molar-refractivity contribution in [1.29, 1.82) is 0 Å². The fourth-order valence-electron chi connectivity index (χ4n) is 1.60. The summed E-state index contributed by atoms with van der Waals surface area (Å²) >= 11 is 7.60. The van der Waals surface area contributed by atoms with Gasteiger partial charge in [0.1, 0.15) is 0 Å². The summed E-state index contributed by atoms with van der Waals surface area (Å²) in [6.45, 7) is 0. The van der Waals surface area contributed by atoms with Crippen LogP contribution in [0.15, 0.2) is 53.4 Å². The highest BCUT2D eigenvalue weighted by Gasteiger charge is 2.05. The van der Waals surface area contributed by atoms with E-state index in [-0.39, 0.29) is 5.91 Å². The molecule has 0 fully saturated rings. The quantitative estimate of drug-likeness (QED) is 0.647. The lowest BCUT2D eigenvalue weighted by molar-refractivity contribution is -0.115. The van der Waals surface area contributed by atoms with Crippen LogP contribution in [0, 0.1) is 0 Å². The van der Waals surface area contributed by atoms with E-state index >= 15 is 0 Å². The third-order valence-electron chi connectivity index (χ3n) is 2.63. The van der Waals surface area contributed by atoms with Crippen molar-refractivity contribution in [2.24, 2.45) is 0 Å². The predicted molar refractivity (Wildman–Crippen MR) is 86.3 cm³/mol. The molecule has 0 saturated heterocycles. The first kappa shape index (κ1) is 14.8. The van der Waals surface area contributed by atoms with Gasteiger partial charge in [-0.25, -0.2) is 0 Å². The molecule has 3 nitrogen and oxygen atoms in total. The zero-order valence-corrected chi connectivity index (χ0v) is 12.4. The second-order valence-electron chi connectivity index (χ2n) is 4.20. The fraction of sp³-hybridized carbons (Fsp3) is 0.133. The summed E-state index contributed by atoms with van der Waals surface area (Å²) in [5.41, 5.74) is 7.01. The van der Waals surface area contributed by atoms with Gasteiger partial charge in [0.25, 0.3) is 0 Å². The van der Waals surface area contributed by atoms with Crippen LogP contribution in [0.4, 0.5) is 11.4 Å². The van der Waals surface area contributed by atoms with Gasteiger partial charge in [0.05, 0.1) is 10.7 Å². The smallest absolute Gasteiger partial charge is 0.225 e. The Kier molecular flexibility index (Phi) is 5.32. The Morgan fingerprint density at radius 3 is 2.55 bits per heavy atom. The Morgan fingerprint density at radius 1 is 1.15 bits per heavy atom. The number of carbonyl (C=O) groups is 1. The first-order valence-corrected chi connectivity index (χ1v) is 7.54. The summed E-state index contributed by atoms with van der Waals surface area (Å²) in [5.74, 6) is 0.668. The van der Waals surface area contributed by atoms with Crippen LogP contribution in [0.5, 0.6) is 0 Å². The molecule has 0 aliphatic carbocycles. The Balaban J connectivity index is 1.78. The monoisotopic (exact) mass is 306 g/mol. The minimum absolute atomic E-state index is 0.0407. The Labute approximate surface area is 127 Å². The molecule has 0 aliphatic rings. The molecule has 0 bridgehead atoms. The van der Waals surface area contributed by atoms with E-state index < -0.39 is 0 Å². The number of para-hydroxylation sites is 1. The van der Waals surface area contributed by atoms with E-state index in [4.69, 9.17) is 17.3 Å². The van der Waals surface area contributed by atoms with Crippen molar-refractivity contribution >= 4 is 40.6 Å². The lowest BCUT2D eigenvalue weighted by Gasteiger charge is -2.07. The molecule has 20 heavy (non-hydrogen) atoms. The molecule has 2 aromatic rings. The van der Waals surface area contributed by atoms with Crippen LogP contribution in [-0.2, 0) is 4.79 Å². The molecule has 2 rings (SSSR count).